The van der Waals surface area contributed by atoms with Gasteiger partial charge in [-0.3, -0.25) is 5.10 Å². The number of nitrogens with one attached hydrogen (secondary N) is 2. The molecule has 0 unspecified atom stereocenters. The fourth-order valence-corrected chi connectivity index (χ4v) is 2.65. The molecule has 2 heterocycles. The Hall–Kier alpha value is -2.15. The number of aromatic nitrogens is 4. The molecule has 1 aromatic carbocycles. The van der Waals surface area contributed by atoms with Crippen LogP contribution >= 0.6 is 12.2 Å². The summed E-state index contributed by atoms with van der Waals surface area (Å²) in [5.41, 5.74) is 1.65. The molecule has 2 N–H and O–H groups in total. The highest BCUT2D eigenvalue weighted by Crippen LogP contribution is 2.38. The van der Waals surface area contributed by atoms with Crippen molar-refractivity contribution in [3.63, 3.8) is 0 Å². The van der Waals surface area contributed by atoms with Crippen molar-refractivity contribution in [2.45, 2.75) is 25.3 Å². The Balaban J connectivity index is 1.45. The molecule has 6 nitrogen and oxygen atoms in total. The number of anilines is 1. The van der Waals surface area contributed by atoms with E-state index in [0.717, 1.165) is 23.5 Å². The fourth-order valence-electron chi connectivity index (χ4n) is 2.42. The van der Waals surface area contributed by atoms with Gasteiger partial charge in [-0.05, 0) is 37.2 Å². The number of H-pyrrole nitrogens is 1. The normalized spacial score (nSPS) is 14.7. The molecule has 1 aliphatic carbocycles. The van der Waals surface area contributed by atoms with E-state index in [9.17, 15) is 0 Å². The minimum Gasteiger partial charge on any atom is -0.424 e. The molecule has 108 valence electrons. The third-order valence-corrected chi connectivity index (χ3v) is 3.95. The summed E-state index contributed by atoms with van der Waals surface area (Å²) in [5, 5.41) is 10.4. The van der Waals surface area contributed by atoms with E-state index >= 15 is 0 Å². The molecule has 0 spiro atoms. The maximum atomic E-state index is 5.63. The van der Waals surface area contributed by atoms with Gasteiger partial charge in [-0.15, -0.1) is 0 Å². The van der Waals surface area contributed by atoms with Gasteiger partial charge in [0.1, 0.15) is 11.3 Å². The first-order chi connectivity index (χ1) is 10.3. The van der Waals surface area contributed by atoms with Crippen molar-refractivity contribution >= 4 is 29.3 Å². The van der Waals surface area contributed by atoms with Crippen LogP contribution in [0, 0.1) is 4.77 Å². The number of fused-ring (bicyclic) bond motifs is 1. The minimum absolute atomic E-state index is 0.541. The van der Waals surface area contributed by atoms with Gasteiger partial charge in [0.15, 0.2) is 10.4 Å². The lowest BCUT2D eigenvalue weighted by molar-refractivity contribution is 0.600. The summed E-state index contributed by atoms with van der Waals surface area (Å²) in [5.74, 6) is 1.64. The van der Waals surface area contributed by atoms with Crippen LogP contribution in [0.25, 0.3) is 11.1 Å². The molecule has 0 atom stereocenters. The zero-order valence-corrected chi connectivity index (χ0v) is 12.2. The number of nitrogens with zero attached hydrogens (tertiary/aromatic N) is 3. The van der Waals surface area contributed by atoms with Crippen molar-refractivity contribution in [3.05, 3.63) is 34.9 Å². The van der Waals surface area contributed by atoms with Crippen molar-refractivity contribution in [2.24, 2.45) is 0 Å². The zero-order valence-electron chi connectivity index (χ0n) is 11.4. The Morgan fingerprint density at radius 3 is 3.05 bits per heavy atom. The van der Waals surface area contributed by atoms with Crippen LogP contribution < -0.4 is 5.32 Å². The number of hydrogen-bond donors (Lipinski definition) is 2. The summed E-state index contributed by atoms with van der Waals surface area (Å²) in [6.07, 6.45) is 2.41. The van der Waals surface area contributed by atoms with Gasteiger partial charge in [0.05, 0.1) is 0 Å². The molecule has 0 radical (unpaired) electrons. The van der Waals surface area contributed by atoms with Gasteiger partial charge in [0.2, 0.25) is 0 Å². The Morgan fingerprint density at radius 1 is 1.38 bits per heavy atom. The lowest BCUT2D eigenvalue weighted by Crippen LogP contribution is -2.13. The molecule has 4 rings (SSSR count). The Bertz CT molecular complexity index is 796. The summed E-state index contributed by atoms with van der Waals surface area (Å²) >= 11 is 5.28. The summed E-state index contributed by atoms with van der Waals surface area (Å²) in [4.78, 5) is 4.39. The third kappa shape index (κ3) is 2.44. The maximum absolute atomic E-state index is 5.63. The molecule has 1 aliphatic rings. The third-order valence-electron chi connectivity index (χ3n) is 3.64. The van der Waals surface area contributed by atoms with E-state index < -0.39 is 0 Å². The number of para-hydroxylation sites is 2. The van der Waals surface area contributed by atoms with Gasteiger partial charge in [-0.1, -0.05) is 12.1 Å². The zero-order chi connectivity index (χ0) is 14.2. The standard InChI is InChI=1S/C14H15N5OS/c21-14-18-17-12(9-5-6-9)19(14)8-7-15-13-16-10-3-1-2-4-11(10)20-13/h1-4,9H,5-8H2,(H,15,16)(H,18,21). The van der Waals surface area contributed by atoms with Crippen molar-refractivity contribution in [2.75, 3.05) is 11.9 Å². The van der Waals surface area contributed by atoms with Crippen LogP contribution in [0.15, 0.2) is 28.7 Å². The van der Waals surface area contributed by atoms with Gasteiger partial charge in [0.25, 0.3) is 6.01 Å². The topological polar surface area (TPSA) is 71.7 Å². The molecular formula is C14H15N5OS. The van der Waals surface area contributed by atoms with Crippen molar-refractivity contribution < 1.29 is 4.42 Å². The van der Waals surface area contributed by atoms with Crippen LogP contribution in [-0.2, 0) is 6.54 Å². The Morgan fingerprint density at radius 2 is 2.24 bits per heavy atom. The first-order valence-corrected chi connectivity index (χ1v) is 7.46. The monoisotopic (exact) mass is 301 g/mol. The largest absolute Gasteiger partial charge is 0.424 e. The highest BCUT2D eigenvalue weighted by molar-refractivity contribution is 7.71. The second-order valence-corrected chi connectivity index (χ2v) is 5.61. The molecule has 0 bridgehead atoms. The van der Waals surface area contributed by atoms with Crippen molar-refractivity contribution in [1.82, 2.24) is 19.7 Å². The summed E-state index contributed by atoms with van der Waals surface area (Å²) in [6, 6.07) is 8.26. The first-order valence-electron chi connectivity index (χ1n) is 7.06. The predicted molar refractivity (Wildman–Crippen MR) is 81.9 cm³/mol. The number of rotatable bonds is 5. The number of benzene rings is 1. The smallest absolute Gasteiger partial charge is 0.295 e. The molecule has 1 saturated carbocycles. The lowest BCUT2D eigenvalue weighted by atomic mass is 10.3. The molecule has 3 aromatic rings. The van der Waals surface area contributed by atoms with E-state index in [1.54, 1.807) is 0 Å². The summed E-state index contributed by atoms with van der Waals surface area (Å²) < 4.78 is 8.36. The van der Waals surface area contributed by atoms with Crippen LogP contribution in [0.3, 0.4) is 0 Å². The average Bonchev–Trinajstić information content (AvgIpc) is 3.14. The number of aromatic amines is 1. The van der Waals surface area contributed by atoms with E-state index in [0.29, 0.717) is 23.2 Å². The fraction of sp³-hybridized carbons (Fsp3) is 0.357. The molecule has 7 heteroatoms. The highest BCUT2D eigenvalue weighted by Gasteiger charge is 2.28. The SMILES string of the molecule is S=c1[nH]nc(C2CC2)n1CCNc1nc2ccccc2o1. The number of oxazole rings is 1. The van der Waals surface area contributed by atoms with Gasteiger partial charge in [0, 0.05) is 19.0 Å². The Labute approximate surface area is 126 Å². The van der Waals surface area contributed by atoms with Gasteiger partial charge >= 0.3 is 0 Å². The van der Waals surface area contributed by atoms with E-state index in [2.05, 4.69) is 25.1 Å². The van der Waals surface area contributed by atoms with Gasteiger partial charge in [-0.25, -0.2) is 0 Å². The van der Waals surface area contributed by atoms with Crippen LogP contribution in [-0.4, -0.2) is 26.3 Å². The van der Waals surface area contributed by atoms with Crippen LogP contribution in [0.1, 0.15) is 24.6 Å². The maximum Gasteiger partial charge on any atom is 0.295 e. The van der Waals surface area contributed by atoms with E-state index in [-0.39, 0.29) is 0 Å². The van der Waals surface area contributed by atoms with E-state index in [1.165, 1.54) is 12.8 Å². The molecule has 0 aliphatic heterocycles. The molecular weight excluding hydrogens is 286 g/mol. The van der Waals surface area contributed by atoms with Crippen molar-refractivity contribution in [3.8, 4) is 0 Å². The summed E-state index contributed by atoms with van der Waals surface area (Å²) in [6.45, 7) is 1.44. The molecule has 21 heavy (non-hydrogen) atoms. The van der Waals surface area contributed by atoms with Crippen molar-refractivity contribution in [1.29, 1.82) is 0 Å². The van der Waals surface area contributed by atoms with Crippen LogP contribution in [0.4, 0.5) is 6.01 Å². The average molecular weight is 301 g/mol. The Kier molecular flexibility index (Phi) is 2.99. The first kappa shape index (κ1) is 12.6. The quantitative estimate of drug-likeness (QED) is 0.709. The molecule has 1 fully saturated rings. The van der Waals surface area contributed by atoms with Crippen LogP contribution in [0.2, 0.25) is 0 Å². The molecule has 0 amide bonds. The minimum atomic E-state index is 0.541. The molecule has 2 aromatic heterocycles. The summed E-state index contributed by atoms with van der Waals surface area (Å²) in [7, 11) is 0. The van der Waals surface area contributed by atoms with Gasteiger partial charge in [-0.2, -0.15) is 10.1 Å². The predicted octanol–water partition coefficient (Wildman–Crippen LogP) is 3.07. The highest BCUT2D eigenvalue weighted by atomic mass is 32.1. The van der Waals surface area contributed by atoms with E-state index in [1.807, 2.05) is 24.3 Å². The van der Waals surface area contributed by atoms with Crippen LogP contribution in [0.5, 0.6) is 0 Å². The second-order valence-electron chi connectivity index (χ2n) is 5.23. The molecule has 0 saturated heterocycles. The second kappa shape index (κ2) is 5.00. The van der Waals surface area contributed by atoms with Gasteiger partial charge < -0.3 is 14.3 Å². The van der Waals surface area contributed by atoms with E-state index in [4.69, 9.17) is 16.6 Å². The number of hydrogen-bond acceptors (Lipinski definition) is 5. The lowest BCUT2D eigenvalue weighted by Gasteiger charge is -2.06.